The first-order valence-corrected chi connectivity index (χ1v) is 8.40. The lowest BCUT2D eigenvalue weighted by Crippen LogP contribution is -2.23. The number of nitrogens with zero attached hydrogens (tertiary/aromatic N) is 1. The minimum Gasteiger partial charge on any atom is -0.381 e. The zero-order chi connectivity index (χ0) is 17.2. The summed E-state index contributed by atoms with van der Waals surface area (Å²) >= 11 is 0. The average Bonchev–Trinajstić information content (AvgIpc) is 2.54. The number of halogens is 1. The predicted octanol–water partition coefficient (Wildman–Crippen LogP) is 4.30. The van der Waals surface area contributed by atoms with Crippen LogP contribution in [-0.4, -0.2) is 25.7 Å². The molecule has 0 unspecified atom stereocenters. The van der Waals surface area contributed by atoms with Gasteiger partial charge in [-0.05, 0) is 55.5 Å². The molecule has 0 saturated heterocycles. The summed E-state index contributed by atoms with van der Waals surface area (Å²) in [7, 11) is 0. The maximum absolute atomic E-state index is 5.92. The van der Waals surface area contributed by atoms with Gasteiger partial charge in [-0.25, -0.2) is 0 Å². The Morgan fingerprint density at radius 1 is 1.04 bits per heavy atom. The largest absolute Gasteiger partial charge is 0.381 e. The number of nitrogens with one attached hydrogen (secondary N) is 1. The van der Waals surface area contributed by atoms with Crippen LogP contribution in [0.2, 0.25) is 0 Å². The molecular weight excluding hydrogens is 425 g/mol. The smallest absolute Gasteiger partial charge is 0.193 e. The van der Waals surface area contributed by atoms with Crippen molar-refractivity contribution in [2.45, 2.75) is 26.7 Å². The minimum atomic E-state index is 0. The molecule has 2 aromatic rings. The Morgan fingerprint density at radius 2 is 1.72 bits per heavy atom. The van der Waals surface area contributed by atoms with Crippen LogP contribution in [0.5, 0.6) is 0 Å². The van der Waals surface area contributed by atoms with E-state index in [4.69, 9.17) is 10.5 Å². The zero-order valence-corrected chi connectivity index (χ0v) is 17.3. The molecule has 0 fully saturated rings. The molecule has 136 valence electrons. The van der Waals surface area contributed by atoms with Gasteiger partial charge in [-0.15, -0.1) is 24.0 Å². The number of aliphatic imine (C=N–C) groups is 1. The van der Waals surface area contributed by atoms with E-state index in [0.29, 0.717) is 19.1 Å². The van der Waals surface area contributed by atoms with E-state index >= 15 is 0 Å². The van der Waals surface area contributed by atoms with Crippen molar-refractivity contribution in [3.63, 3.8) is 0 Å². The summed E-state index contributed by atoms with van der Waals surface area (Å²) < 4.78 is 5.64. The van der Waals surface area contributed by atoms with Crippen LogP contribution in [0.3, 0.4) is 0 Å². The molecule has 0 radical (unpaired) electrons. The van der Waals surface area contributed by atoms with Crippen LogP contribution in [0, 0.1) is 13.8 Å². The maximum atomic E-state index is 5.92. The van der Waals surface area contributed by atoms with Gasteiger partial charge < -0.3 is 15.8 Å². The van der Waals surface area contributed by atoms with Gasteiger partial charge in [0.15, 0.2) is 5.96 Å². The van der Waals surface area contributed by atoms with Crippen molar-refractivity contribution < 1.29 is 4.74 Å². The van der Waals surface area contributed by atoms with Gasteiger partial charge >= 0.3 is 0 Å². The highest BCUT2D eigenvalue weighted by Gasteiger charge is 1.98. The normalized spacial score (nSPS) is 11.0. The van der Waals surface area contributed by atoms with E-state index < -0.39 is 0 Å². The van der Waals surface area contributed by atoms with Gasteiger partial charge in [0, 0.05) is 18.8 Å². The summed E-state index contributed by atoms with van der Waals surface area (Å²) in [4.78, 5) is 4.34. The first-order chi connectivity index (χ1) is 11.6. The Balaban J connectivity index is 0.00000312. The second-order valence-electron chi connectivity index (χ2n) is 5.97. The van der Waals surface area contributed by atoms with Crippen LogP contribution in [0.15, 0.2) is 53.5 Å². The van der Waals surface area contributed by atoms with E-state index in [0.717, 1.165) is 25.1 Å². The van der Waals surface area contributed by atoms with E-state index in [1.807, 2.05) is 6.07 Å². The van der Waals surface area contributed by atoms with E-state index in [1.54, 1.807) is 0 Å². The molecule has 0 bridgehead atoms. The summed E-state index contributed by atoms with van der Waals surface area (Å²) in [5, 5.41) is 3.13. The Morgan fingerprint density at radius 3 is 2.40 bits per heavy atom. The van der Waals surface area contributed by atoms with Crippen LogP contribution in [0.4, 0.5) is 5.69 Å². The van der Waals surface area contributed by atoms with Crippen LogP contribution >= 0.6 is 24.0 Å². The highest BCUT2D eigenvalue weighted by molar-refractivity contribution is 14.0. The third kappa shape index (κ3) is 8.88. The maximum Gasteiger partial charge on any atom is 0.193 e. The summed E-state index contributed by atoms with van der Waals surface area (Å²) in [6.07, 6.45) is 1.81. The number of hydrogen-bond donors (Lipinski definition) is 2. The highest BCUT2D eigenvalue weighted by atomic mass is 127. The number of anilines is 1. The van der Waals surface area contributed by atoms with Crippen LogP contribution in [0.1, 0.15) is 23.1 Å². The van der Waals surface area contributed by atoms with Gasteiger partial charge in [-0.3, -0.25) is 4.99 Å². The predicted molar refractivity (Wildman–Crippen MR) is 117 cm³/mol. The van der Waals surface area contributed by atoms with Crippen molar-refractivity contribution in [3.05, 3.63) is 65.2 Å². The molecule has 4 nitrogen and oxygen atoms in total. The Hall–Kier alpha value is -1.60. The fourth-order valence-corrected chi connectivity index (χ4v) is 2.54. The molecule has 0 saturated carbocycles. The first kappa shape index (κ1) is 21.4. The van der Waals surface area contributed by atoms with Crippen molar-refractivity contribution in [2.24, 2.45) is 10.7 Å². The number of hydrogen-bond acceptors (Lipinski definition) is 2. The van der Waals surface area contributed by atoms with E-state index in [1.165, 1.54) is 16.7 Å². The van der Waals surface area contributed by atoms with E-state index in [9.17, 15) is 0 Å². The molecule has 0 aliphatic carbocycles. The van der Waals surface area contributed by atoms with Gasteiger partial charge in [-0.2, -0.15) is 0 Å². The summed E-state index contributed by atoms with van der Waals surface area (Å²) in [6.45, 7) is 6.24. The second kappa shape index (κ2) is 11.9. The quantitative estimate of drug-likeness (QED) is 0.271. The monoisotopic (exact) mass is 453 g/mol. The fourth-order valence-electron chi connectivity index (χ4n) is 2.54. The molecule has 0 spiro atoms. The van der Waals surface area contributed by atoms with Gasteiger partial charge in [0.2, 0.25) is 0 Å². The number of rotatable bonds is 8. The van der Waals surface area contributed by atoms with E-state index in [2.05, 4.69) is 66.6 Å². The van der Waals surface area contributed by atoms with Gasteiger partial charge in [0.05, 0.1) is 6.61 Å². The summed E-state index contributed by atoms with van der Waals surface area (Å²) in [6, 6.07) is 16.6. The molecule has 2 rings (SSSR count). The van der Waals surface area contributed by atoms with Crippen molar-refractivity contribution in [1.82, 2.24) is 0 Å². The number of aryl methyl sites for hydroxylation is 2. The second-order valence-corrected chi connectivity index (χ2v) is 5.97. The van der Waals surface area contributed by atoms with Crippen LogP contribution < -0.4 is 11.1 Å². The lowest BCUT2D eigenvalue weighted by molar-refractivity contribution is 0.136. The SMILES string of the molecule is Cc1cc(C)cc(NC(N)=NCCCOCCc2ccccc2)c1.I. The number of ether oxygens (including phenoxy) is 1. The molecule has 0 aliphatic rings. The molecule has 0 heterocycles. The fraction of sp³-hybridized carbons (Fsp3) is 0.350. The van der Waals surface area contributed by atoms with Gasteiger partial charge in [0.25, 0.3) is 0 Å². The first-order valence-electron chi connectivity index (χ1n) is 8.40. The van der Waals surface area contributed by atoms with E-state index in [-0.39, 0.29) is 24.0 Å². The summed E-state index contributed by atoms with van der Waals surface area (Å²) in [5.41, 5.74) is 10.6. The standard InChI is InChI=1S/C20H27N3O.HI/c1-16-13-17(2)15-19(14-16)23-20(21)22-10-6-11-24-12-9-18-7-4-3-5-8-18;/h3-5,7-8,13-15H,6,9-12H2,1-2H3,(H3,21,22,23);1H. The molecule has 0 aliphatic heterocycles. The zero-order valence-electron chi connectivity index (χ0n) is 15.0. The Labute approximate surface area is 167 Å². The third-order valence-corrected chi connectivity index (χ3v) is 3.60. The number of benzene rings is 2. The molecule has 0 atom stereocenters. The number of guanidine groups is 1. The molecule has 0 amide bonds. The van der Waals surface area contributed by atoms with Crippen molar-refractivity contribution in [3.8, 4) is 0 Å². The molecule has 0 aromatic heterocycles. The lowest BCUT2D eigenvalue weighted by atomic mass is 10.1. The van der Waals surface area contributed by atoms with Crippen molar-refractivity contribution in [1.29, 1.82) is 0 Å². The van der Waals surface area contributed by atoms with Crippen LogP contribution in [0.25, 0.3) is 0 Å². The third-order valence-electron chi connectivity index (χ3n) is 3.60. The molecule has 25 heavy (non-hydrogen) atoms. The highest BCUT2D eigenvalue weighted by Crippen LogP contribution is 2.13. The minimum absolute atomic E-state index is 0. The Kier molecular flexibility index (Phi) is 10.2. The lowest BCUT2D eigenvalue weighted by Gasteiger charge is -2.08. The van der Waals surface area contributed by atoms with Crippen molar-refractivity contribution in [2.75, 3.05) is 25.1 Å². The van der Waals surface area contributed by atoms with Gasteiger partial charge in [0.1, 0.15) is 0 Å². The van der Waals surface area contributed by atoms with Gasteiger partial charge in [-0.1, -0.05) is 36.4 Å². The molecular formula is C20H28IN3O. The van der Waals surface area contributed by atoms with Crippen LogP contribution in [-0.2, 0) is 11.2 Å². The average molecular weight is 453 g/mol. The topological polar surface area (TPSA) is 59.6 Å². The Bertz CT molecular complexity index is 639. The molecule has 5 heteroatoms. The van der Waals surface area contributed by atoms with Crippen molar-refractivity contribution >= 4 is 35.6 Å². The molecule has 3 N–H and O–H groups in total. The number of nitrogens with two attached hydrogens (primary N) is 1. The molecule has 2 aromatic carbocycles. The summed E-state index contributed by atoms with van der Waals surface area (Å²) in [5.74, 6) is 0.448.